The van der Waals surface area contributed by atoms with Gasteiger partial charge in [0, 0.05) is 44.5 Å². The molecule has 2 heterocycles. The molecule has 2 amide bonds. The van der Waals surface area contributed by atoms with Gasteiger partial charge in [-0.25, -0.2) is 9.78 Å². The third-order valence-corrected chi connectivity index (χ3v) is 4.75. The summed E-state index contributed by atoms with van der Waals surface area (Å²) < 4.78 is 10.2. The van der Waals surface area contributed by atoms with Crippen LogP contribution in [0.2, 0.25) is 0 Å². The second-order valence-corrected chi connectivity index (χ2v) is 6.61. The number of aromatic nitrogens is 1. The number of ether oxygens (including phenoxy) is 2. The molecule has 0 unspecified atom stereocenters. The second kappa shape index (κ2) is 9.77. The number of hydrogen-bond acceptors (Lipinski definition) is 6. The monoisotopic (exact) mass is 398 g/mol. The largest absolute Gasteiger partial charge is 0.497 e. The number of hydrogen-bond donors (Lipinski definition) is 1. The number of benzene rings is 1. The van der Waals surface area contributed by atoms with Gasteiger partial charge in [0.25, 0.3) is 5.91 Å². The smallest absolute Gasteiger partial charge is 0.409 e. The molecule has 1 aliphatic rings. The van der Waals surface area contributed by atoms with Crippen LogP contribution in [0.3, 0.4) is 0 Å². The standard InChI is InChI=1S/C21H26N4O4/c1-3-29-21(27)25-12-10-24(11-13-25)19-14-17(8-9-22-19)20(26)23-15-16-4-6-18(28-2)7-5-16/h4-9,14H,3,10-13,15H2,1-2H3,(H,23,26). The zero-order chi connectivity index (χ0) is 20.6. The molecular weight excluding hydrogens is 372 g/mol. The van der Waals surface area contributed by atoms with E-state index in [4.69, 9.17) is 9.47 Å². The Kier molecular flexibility index (Phi) is 6.89. The lowest BCUT2D eigenvalue weighted by Crippen LogP contribution is -2.49. The SMILES string of the molecule is CCOC(=O)N1CCN(c2cc(C(=O)NCc3ccc(OC)cc3)ccn2)CC1. The maximum absolute atomic E-state index is 12.5. The minimum Gasteiger partial charge on any atom is -0.497 e. The van der Waals surface area contributed by atoms with Gasteiger partial charge in [-0.1, -0.05) is 12.1 Å². The Morgan fingerprint density at radius 2 is 1.83 bits per heavy atom. The summed E-state index contributed by atoms with van der Waals surface area (Å²) in [5.74, 6) is 1.35. The van der Waals surface area contributed by atoms with E-state index in [1.165, 1.54) is 0 Å². The molecule has 1 aromatic carbocycles. The van der Waals surface area contributed by atoms with E-state index in [-0.39, 0.29) is 12.0 Å². The van der Waals surface area contributed by atoms with Gasteiger partial charge in [0.1, 0.15) is 11.6 Å². The normalized spacial score (nSPS) is 13.7. The third kappa shape index (κ3) is 5.37. The van der Waals surface area contributed by atoms with Gasteiger partial charge in [0.2, 0.25) is 0 Å². The highest BCUT2D eigenvalue weighted by atomic mass is 16.6. The maximum Gasteiger partial charge on any atom is 0.409 e. The Morgan fingerprint density at radius 1 is 1.10 bits per heavy atom. The van der Waals surface area contributed by atoms with Crippen LogP contribution in [0.25, 0.3) is 0 Å². The average molecular weight is 398 g/mol. The minimum atomic E-state index is -0.285. The molecule has 0 bridgehead atoms. The van der Waals surface area contributed by atoms with Crippen LogP contribution in [-0.2, 0) is 11.3 Å². The number of carbonyl (C=O) groups excluding carboxylic acids is 2. The summed E-state index contributed by atoms with van der Waals surface area (Å²) in [4.78, 5) is 32.5. The van der Waals surface area contributed by atoms with Gasteiger partial charge in [-0.3, -0.25) is 4.79 Å². The number of anilines is 1. The van der Waals surface area contributed by atoms with Gasteiger partial charge in [0.05, 0.1) is 13.7 Å². The first-order chi connectivity index (χ1) is 14.1. The van der Waals surface area contributed by atoms with E-state index in [2.05, 4.69) is 15.2 Å². The topological polar surface area (TPSA) is 84.0 Å². The lowest BCUT2D eigenvalue weighted by atomic mass is 10.2. The molecule has 0 aliphatic carbocycles. The fourth-order valence-electron chi connectivity index (χ4n) is 3.09. The molecule has 3 rings (SSSR count). The first-order valence-corrected chi connectivity index (χ1v) is 9.64. The summed E-state index contributed by atoms with van der Waals surface area (Å²) in [6.45, 7) is 5.00. The summed E-state index contributed by atoms with van der Waals surface area (Å²) in [5.41, 5.74) is 1.54. The van der Waals surface area contributed by atoms with Gasteiger partial charge in [-0.15, -0.1) is 0 Å². The summed E-state index contributed by atoms with van der Waals surface area (Å²) in [6, 6.07) is 11.0. The van der Waals surface area contributed by atoms with Crippen molar-refractivity contribution in [1.82, 2.24) is 15.2 Å². The van der Waals surface area contributed by atoms with Gasteiger partial charge in [-0.05, 0) is 36.8 Å². The van der Waals surface area contributed by atoms with E-state index >= 15 is 0 Å². The number of methoxy groups -OCH3 is 1. The van der Waals surface area contributed by atoms with E-state index in [0.29, 0.717) is 44.9 Å². The molecule has 1 saturated heterocycles. The summed E-state index contributed by atoms with van der Waals surface area (Å²) >= 11 is 0. The Morgan fingerprint density at radius 3 is 2.48 bits per heavy atom. The molecule has 8 nitrogen and oxygen atoms in total. The van der Waals surface area contributed by atoms with Crippen molar-refractivity contribution in [2.24, 2.45) is 0 Å². The zero-order valence-corrected chi connectivity index (χ0v) is 16.8. The lowest BCUT2D eigenvalue weighted by molar-refractivity contribution is 0.0950. The zero-order valence-electron chi connectivity index (χ0n) is 16.8. The van der Waals surface area contributed by atoms with Crippen molar-refractivity contribution >= 4 is 17.8 Å². The third-order valence-electron chi connectivity index (χ3n) is 4.75. The molecule has 1 aromatic heterocycles. The Hall–Kier alpha value is -3.29. The predicted molar refractivity (Wildman–Crippen MR) is 109 cm³/mol. The van der Waals surface area contributed by atoms with Gasteiger partial charge in [-0.2, -0.15) is 0 Å². The Balaban J connectivity index is 1.56. The number of piperazine rings is 1. The molecule has 0 saturated carbocycles. The molecular formula is C21H26N4O4. The van der Waals surface area contributed by atoms with Crippen LogP contribution in [-0.4, -0.2) is 61.8 Å². The van der Waals surface area contributed by atoms with Crippen LogP contribution in [0.1, 0.15) is 22.8 Å². The molecule has 2 aromatic rings. The van der Waals surface area contributed by atoms with Crippen LogP contribution in [0.4, 0.5) is 10.6 Å². The maximum atomic E-state index is 12.5. The highest BCUT2D eigenvalue weighted by Gasteiger charge is 2.23. The molecule has 1 N–H and O–H groups in total. The molecule has 29 heavy (non-hydrogen) atoms. The number of nitrogens with zero attached hydrogens (tertiary/aromatic N) is 3. The van der Waals surface area contributed by atoms with Crippen LogP contribution < -0.4 is 15.0 Å². The van der Waals surface area contributed by atoms with Crippen molar-refractivity contribution in [2.75, 3.05) is 44.8 Å². The van der Waals surface area contributed by atoms with Crippen molar-refractivity contribution < 1.29 is 19.1 Å². The fourth-order valence-corrected chi connectivity index (χ4v) is 3.09. The average Bonchev–Trinajstić information content (AvgIpc) is 2.78. The molecule has 0 spiro atoms. The molecule has 154 valence electrons. The highest BCUT2D eigenvalue weighted by molar-refractivity contribution is 5.94. The van der Waals surface area contributed by atoms with Crippen molar-refractivity contribution in [3.05, 3.63) is 53.7 Å². The number of carbonyl (C=O) groups is 2. The number of pyridine rings is 1. The second-order valence-electron chi connectivity index (χ2n) is 6.61. The van der Waals surface area contributed by atoms with Gasteiger partial charge < -0.3 is 24.6 Å². The van der Waals surface area contributed by atoms with Crippen LogP contribution in [0.15, 0.2) is 42.6 Å². The van der Waals surface area contributed by atoms with Crippen LogP contribution in [0, 0.1) is 0 Å². The van der Waals surface area contributed by atoms with Crippen molar-refractivity contribution in [3.63, 3.8) is 0 Å². The number of nitrogens with one attached hydrogen (secondary N) is 1. The molecule has 0 radical (unpaired) electrons. The van der Waals surface area contributed by atoms with E-state index in [9.17, 15) is 9.59 Å². The van der Waals surface area contributed by atoms with E-state index in [1.807, 2.05) is 24.3 Å². The van der Waals surface area contributed by atoms with E-state index in [1.54, 1.807) is 37.3 Å². The van der Waals surface area contributed by atoms with Crippen molar-refractivity contribution in [3.8, 4) is 5.75 Å². The molecule has 1 fully saturated rings. The quantitative estimate of drug-likeness (QED) is 0.804. The van der Waals surface area contributed by atoms with Gasteiger partial charge >= 0.3 is 6.09 Å². The predicted octanol–water partition coefficient (Wildman–Crippen LogP) is 2.30. The summed E-state index contributed by atoms with van der Waals surface area (Å²) in [6.07, 6.45) is 1.35. The van der Waals surface area contributed by atoms with E-state index in [0.717, 1.165) is 17.1 Å². The lowest BCUT2D eigenvalue weighted by Gasteiger charge is -2.34. The van der Waals surface area contributed by atoms with Crippen molar-refractivity contribution in [2.45, 2.75) is 13.5 Å². The first kappa shape index (κ1) is 20.4. The summed E-state index contributed by atoms with van der Waals surface area (Å²) in [5, 5.41) is 2.92. The van der Waals surface area contributed by atoms with Crippen molar-refractivity contribution in [1.29, 1.82) is 0 Å². The summed E-state index contributed by atoms with van der Waals surface area (Å²) in [7, 11) is 1.62. The Bertz CT molecular complexity index is 833. The number of amides is 2. The first-order valence-electron chi connectivity index (χ1n) is 9.64. The minimum absolute atomic E-state index is 0.158. The van der Waals surface area contributed by atoms with Crippen LogP contribution >= 0.6 is 0 Å². The van der Waals surface area contributed by atoms with E-state index < -0.39 is 0 Å². The molecule has 1 aliphatic heterocycles. The Labute approximate surface area is 170 Å². The highest BCUT2D eigenvalue weighted by Crippen LogP contribution is 2.16. The van der Waals surface area contributed by atoms with Crippen LogP contribution in [0.5, 0.6) is 5.75 Å². The van der Waals surface area contributed by atoms with Gasteiger partial charge in [0.15, 0.2) is 0 Å². The number of rotatable bonds is 6. The molecule has 0 atom stereocenters. The fraction of sp³-hybridized carbons (Fsp3) is 0.381. The molecule has 8 heteroatoms.